The summed E-state index contributed by atoms with van der Waals surface area (Å²) in [5.74, 6) is 1.45. The first-order chi connectivity index (χ1) is 11.1. The molecular formula is C19H25NO3. The van der Waals surface area contributed by atoms with E-state index in [9.17, 15) is 5.11 Å². The van der Waals surface area contributed by atoms with Gasteiger partial charge in [0.25, 0.3) is 0 Å². The fourth-order valence-electron chi connectivity index (χ4n) is 2.29. The largest absolute Gasteiger partial charge is 0.493 e. The van der Waals surface area contributed by atoms with Crippen molar-refractivity contribution in [1.29, 1.82) is 0 Å². The standard InChI is InChI=1S/C19H25NO3/c1-14-6-4-5-7-17(14)13-23-18-9-8-16(10-19(18)22-3)12-20-11-15(2)21/h4-10,15,20-21H,11-13H2,1-3H3/t15-/m0/s1. The molecule has 2 aromatic carbocycles. The van der Waals surface area contributed by atoms with E-state index in [2.05, 4.69) is 24.4 Å². The molecule has 4 heteroatoms. The van der Waals surface area contributed by atoms with Crippen LogP contribution in [0.4, 0.5) is 0 Å². The molecule has 4 nitrogen and oxygen atoms in total. The maximum atomic E-state index is 9.27. The van der Waals surface area contributed by atoms with Crippen molar-refractivity contribution in [2.24, 2.45) is 0 Å². The molecule has 0 aromatic heterocycles. The minimum atomic E-state index is -0.353. The van der Waals surface area contributed by atoms with E-state index in [0.29, 0.717) is 19.7 Å². The summed E-state index contributed by atoms with van der Waals surface area (Å²) in [5.41, 5.74) is 3.47. The second kappa shape index (κ2) is 8.56. The summed E-state index contributed by atoms with van der Waals surface area (Å²) in [5, 5.41) is 12.5. The second-order valence-electron chi connectivity index (χ2n) is 5.68. The van der Waals surface area contributed by atoms with E-state index in [1.165, 1.54) is 5.56 Å². The minimum Gasteiger partial charge on any atom is -0.493 e. The molecule has 124 valence electrons. The first-order valence-electron chi connectivity index (χ1n) is 7.83. The van der Waals surface area contributed by atoms with E-state index in [-0.39, 0.29) is 6.10 Å². The van der Waals surface area contributed by atoms with Gasteiger partial charge in [-0.2, -0.15) is 0 Å². The van der Waals surface area contributed by atoms with Crippen LogP contribution in [0.3, 0.4) is 0 Å². The summed E-state index contributed by atoms with van der Waals surface area (Å²) in [6.45, 7) is 5.60. The summed E-state index contributed by atoms with van der Waals surface area (Å²) in [7, 11) is 1.64. The molecule has 0 bridgehead atoms. The second-order valence-corrected chi connectivity index (χ2v) is 5.68. The van der Waals surface area contributed by atoms with Crippen molar-refractivity contribution in [3.8, 4) is 11.5 Å². The third-order valence-corrected chi connectivity index (χ3v) is 3.64. The molecule has 0 saturated heterocycles. The number of hydrogen-bond donors (Lipinski definition) is 2. The van der Waals surface area contributed by atoms with E-state index in [0.717, 1.165) is 22.6 Å². The molecule has 23 heavy (non-hydrogen) atoms. The van der Waals surface area contributed by atoms with Crippen molar-refractivity contribution in [3.05, 3.63) is 59.2 Å². The molecule has 0 amide bonds. The molecule has 0 saturated carbocycles. The Morgan fingerprint density at radius 3 is 2.61 bits per heavy atom. The monoisotopic (exact) mass is 315 g/mol. The van der Waals surface area contributed by atoms with E-state index < -0.39 is 0 Å². The smallest absolute Gasteiger partial charge is 0.161 e. The van der Waals surface area contributed by atoms with Gasteiger partial charge in [0.05, 0.1) is 13.2 Å². The maximum absolute atomic E-state index is 9.27. The minimum absolute atomic E-state index is 0.353. The molecule has 0 aliphatic carbocycles. The zero-order valence-corrected chi connectivity index (χ0v) is 14.0. The molecule has 2 aromatic rings. The van der Waals surface area contributed by atoms with Crippen LogP contribution in [-0.2, 0) is 13.2 Å². The normalized spacial score (nSPS) is 12.0. The number of rotatable bonds is 8. The number of aliphatic hydroxyl groups is 1. The highest BCUT2D eigenvalue weighted by Gasteiger charge is 2.07. The lowest BCUT2D eigenvalue weighted by molar-refractivity contribution is 0.191. The zero-order valence-electron chi connectivity index (χ0n) is 14.0. The number of benzene rings is 2. The van der Waals surface area contributed by atoms with Gasteiger partial charge in [0.1, 0.15) is 6.61 Å². The Kier molecular flexibility index (Phi) is 6.44. The average Bonchev–Trinajstić information content (AvgIpc) is 2.54. The maximum Gasteiger partial charge on any atom is 0.161 e. The fraction of sp³-hybridized carbons (Fsp3) is 0.368. The molecule has 0 unspecified atom stereocenters. The van der Waals surface area contributed by atoms with Crippen molar-refractivity contribution >= 4 is 0 Å². The SMILES string of the molecule is COc1cc(CNC[C@H](C)O)ccc1OCc1ccccc1C. The van der Waals surface area contributed by atoms with Crippen LogP contribution < -0.4 is 14.8 Å². The number of aryl methyl sites for hydroxylation is 1. The van der Waals surface area contributed by atoms with E-state index >= 15 is 0 Å². The third kappa shape index (κ3) is 5.27. The highest BCUT2D eigenvalue weighted by atomic mass is 16.5. The lowest BCUT2D eigenvalue weighted by atomic mass is 10.1. The molecule has 0 aliphatic rings. The summed E-state index contributed by atoms with van der Waals surface area (Å²) >= 11 is 0. The molecule has 2 N–H and O–H groups in total. The molecule has 2 rings (SSSR count). The summed E-state index contributed by atoms with van der Waals surface area (Å²) in [6.07, 6.45) is -0.353. The summed E-state index contributed by atoms with van der Waals surface area (Å²) < 4.78 is 11.3. The Hall–Kier alpha value is -2.04. The van der Waals surface area contributed by atoms with Gasteiger partial charge < -0.3 is 19.9 Å². The molecule has 0 fully saturated rings. The fourth-order valence-corrected chi connectivity index (χ4v) is 2.29. The van der Waals surface area contributed by atoms with Crippen LogP contribution in [0.25, 0.3) is 0 Å². The highest BCUT2D eigenvalue weighted by molar-refractivity contribution is 5.43. The Balaban J connectivity index is 2.00. The van der Waals surface area contributed by atoms with Crippen molar-refractivity contribution in [2.75, 3.05) is 13.7 Å². The zero-order chi connectivity index (χ0) is 16.7. The average molecular weight is 315 g/mol. The van der Waals surface area contributed by atoms with Gasteiger partial charge >= 0.3 is 0 Å². The van der Waals surface area contributed by atoms with E-state index in [1.54, 1.807) is 14.0 Å². The molecular weight excluding hydrogens is 290 g/mol. The summed E-state index contributed by atoms with van der Waals surface area (Å²) in [6, 6.07) is 14.1. The van der Waals surface area contributed by atoms with Crippen LogP contribution >= 0.6 is 0 Å². The molecule has 1 atom stereocenters. The quantitative estimate of drug-likeness (QED) is 0.786. The van der Waals surface area contributed by atoms with Crippen LogP contribution in [0.5, 0.6) is 11.5 Å². The molecule has 0 radical (unpaired) electrons. The Labute approximate surface area is 138 Å². The Morgan fingerprint density at radius 2 is 1.91 bits per heavy atom. The first kappa shape index (κ1) is 17.3. The predicted octanol–water partition coefficient (Wildman–Crippen LogP) is 3.05. The molecule has 0 heterocycles. The van der Waals surface area contributed by atoms with Crippen molar-refractivity contribution in [2.45, 2.75) is 33.1 Å². The summed E-state index contributed by atoms with van der Waals surface area (Å²) in [4.78, 5) is 0. The van der Waals surface area contributed by atoms with Crippen LogP contribution in [0.2, 0.25) is 0 Å². The van der Waals surface area contributed by atoms with Crippen LogP contribution in [-0.4, -0.2) is 24.9 Å². The number of methoxy groups -OCH3 is 1. The number of hydrogen-bond acceptors (Lipinski definition) is 4. The predicted molar refractivity (Wildman–Crippen MR) is 91.9 cm³/mol. The van der Waals surface area contributed by atoms with Gasteiger partial charge in [-0.1, -0.05) is 30.3 Å². The van der Waals surface area contributed by atoms with Gasteiger partial charge in [0.15, 0.2) is 11.5 Å². The molecule has 0 aliphatic heterocycles. The number of ether oxygens (including phenoxy) is 2. The van der Waals surface area contributed by atoms with Crippen molar-refractivity contribution in [1.82, 2.24) is 5.32 Å². The van der Waals surface area contributed by atoms with Crippen molar-refractivity contribution < 1.29 is 14.6 Å². The van der Waals surface area contributed by atoms with Crippen LogP contribution in [0.15, 0.2) is 42.5 Å². The van der Waals surface area contributed by atoms with Crippen molar-refractivity contribution in [3.63, 3.8) is 0 Å². The van der Waals surface area contributed by atoms with Gasteiger partial charge in [-0.3, -0.25) is 0 Å². The van der Waals surface area contributed by atoms with E-state index in [4.69, 9.17) is 9.47 Å². The van der Waals surface area contributed by atoms with E-state index in [1.807, 2.05) is 30.3 Å². The van der Waals surface area contributed by atoms with Crippen LogP contribution in [0.1, 0.15) is 23.6 Å². The van der Waals surface area contributed by atoms with Gasteiger partial charge in [0, 0.05) is 13.1 Å². The van der Waals surface area contributed by atoms with Gasteiger partial charge in [-0.15, -0.1) is 0 Å². The van der Waals surface area contributed by atoms with Gasteiger partial charge in [-0.25, -0.2) is 0 Å². The lowest BCUT2D eigenvalue weighted by Gasteiger charge is -2.14. The third-order valence-electron chi connectivity index (χ3n) is 3.64. The number of nitrogens with one attached hydrogen (secondary N) is 1. The molecule has 0 spiro atoms. The highest BCUT2D eigenvalue weighted by Crippen LogP contribution is 2.29. The lowest BCUT2D eigenvalue weighted by Crippen LogP contribution is -2.23. The number of aliphatic hydroxyl groups excluding tert-OH is 1. The Morgan fingerprint density at radius 1 is 1.13 bits per heavy atom. The Bertz CT molecular complexity index is 626. The van der Waals surface area contributed by atoms with Gasteiger partial charge in [0.2, 0.25) is 0 Å². The van der Waals surface area contributed by atoms with Crippen LogP contribution in [0, 0.1) is 6.92 Å². The topological polar surface area (TPSA) is 50.7 Å². The van der Waals surface area contributed by atoms with Gasteiger partial charge in [-0.05, 0) is 42.7 Å². The first-order valence-corrected chi connectivity index (χ1v) is 7.83.